The zero-order valence-corrected chi connectivity index (χ0v) is 7.61. The van der Waals surface area contributed by atoms with E-state index >= 15 is 0 Å². The molecule has 0 unspecified atom stereocenters. The molecule has 0 bridgehead atoms. The van der Waals surface area contributed by atoms with Crippen LogP contribution in [0.1, 0.15) is 25.5 Å². The van der Waals surface area contributed by atoms with E-state index in [-0.39, 0.29) is 0 Å². The van der Waals surface area contributed by atoms with Crippen LogP contribution in [0.2, 0.25) is 0 Å². The van der Waals surface area contributed by atoms with Crippen molar-refractivity contribution in [2.75, 3.05) is 0 Å². The molecule has 1 aromatic rings. The molecule has 0 atom stereocenters. The molecule has 1 heterocycles. The van der Waals surface area contributed by atoms with Gasteiger partial charge in [0.2, 0.25) is 0 Å². The highest BCUT2D eigenvalue weighted by molar-refractivity contribution is 9.10. The third-order valence-corrected chi connectivity index (χ3v) is 1.81. The highest BCUT2D eigenvalue weighted by Gasteiger charge is 1.95. The number of nitrogens with one attached hydrogen (secondary N) is 1. The average Bonchev–Trinajstić information content (AvgIpc) is 2.31. The Balaban J connectivity index is 2.42. The van der Waals surface area contributed by atoms with Crippen molar-refractivity contribution in [2.24, 2.45) is 0 Å². The molecule has 0 saturated heterocycles. The normalized spacial score (nSPS) is 10.2. The third-order valence-electron chi connectivity index (χ3n) is 1.40. The van der Waals surface area contributed by atoms with Crippen molar-refractivity contribution in [3.8, 4) is 0 Å². The minimum atomic E-state index is 0.901. The fraction of sp³-hybridized carbons (Fsp3) is 0.571. The van der Waals surface area contributed by atoms with Gasteiger partial charge in [-0.05, 0) is 34.8 Å². The lowest BCUT2D eigenvalue weighted by molar-refractivity contribution is 0.772. The second-order valence-electron chi connectivity index (χ2n) is 2.32. The van der Waals surface area contributed by atoms with Gasteiger partial charge in [0.15, 0.2) is 0 Å². The summed E-state index contributed by atoms with van der Waals surface area (Å²) in [6.07, 6.45) is 3.57. The molecule has 0 amide bonds. The number of aromatic amines is 1. The second kappa shape index (κ2) is 3.76. The van der Waals surface area contributed by atoms with Gasteiger partial charge in [-0.1, -0.05) is 13.3 Å². The lowest BCUT2D eigenvalue weighted by Crippen LogP contribution is -1.83. The molecule has 0 aliphatic heterocycles. The van der Waals surface area contributed by atoms with Crippen LogP contribution in [0.5, 0.6) is 0 Å². The Morgan fingerprint density at radius 1 is 1.70 bits per heavy atom. The molecule has 2 nitrogen and oxygen atoms in total. The van der Waals surface area contributed by atoms with Gasteiger partial charge in [-0.3, -0.25) is 5.10 Å². The lowest BCUT2D eigenvalue weighted by atomic mass is 10.2. The van der Waals surface area contributed by atoms with Crippen LogP contribution < -0.4 is 0 Å². The van der Waals surface area contributed by atoms with Crippen LogP contribution in [0, 0.1) is 0 Å². The van der Waals surface area contributed by atoms with E-state index < -0.39 is 0 Å². The van der Waals surface area contributed by atoms with Crippen LogP contribution in [-0.2, 0) is 6.42 Å². The van der Waals surface area contributed by atoms with Gasteiger partial charge in [0.05, 0.1) is 0 Å². The van der Waals surface area contributed by atoms with Gasteiger partial charge in [0.1, 0.15) is 4.60 Å². The highest BCUT2D eigenvalue weighted by Crippen LogP contribution is 2.08. The van der Waals surface area contributed by atoms with Crippen LogP contribution >= 0.6 is 15.9 Å². The van der Waals surface area contributed by atoms with Crippen LogP contribution in [0.15, 0.2) is 10.7 Å². The molecule has 0 spiro atoms. The van der Waals surface area contributed by atoms with Gasteiger partial charge < -0.3 is 0 Å². The van der Waals surface area contributed by atoms with E-state index in [4.69, 9.17) is 0 Å². The van der Waals surface area contributed by atoms with Crippen molar-refractivity contribution in [1.82, 2.24) is 10.2 Å². The first-order valence-electron chi connectivity index (χ1n) is 3.52. The molecular formula is C7H11BrN2. The summed E-state index contributed by atoms with van der Waals surface area (Å²) in [5.74, 6) is 0. The Morgan fingerprint density at radius 3 is 3.00 bits per heavy atom. The average molecular weight is 203 g/mol. The summed E-state index contributed by atoms with van der Waals surface area (Å²) in [4.78, 5) is 0. The van der Waals surface area contributed by atoms with Gasteiger partial charge in [-0.2, -0.15) is 5.10 Å². The number of halogens is 1. The largest absolute Gasteiger partial charge is 0.281 e. The Labute approximate surface area is 69.2 Å². The summed E-state index contributed by atoms with van der Waals surface area (Å²) in [6.45, 7) is 2.19. The van der Waals surface area contributed by atoms with E-state index in [1.54, 1.807) is 0 Å². The molecule has 0 aliphatic rings. The maximum absolute atomic E-state index is 3.96. The summed E-state index contributed by atoms with van der Waals surface area (Å²) in [7, 11) is 0. The van der Waals surface area contributed by atoms with E-state index in [0.717, 1.165) is 11.0 Å². The quantitative estimate of drug-likeness (QED) is 0.803. The van der Waals surface area contributed by atoms with Gasteiger partial charge in [-0.15, -0.1) is 0 Å². The van der Waals surface area contributed by atoms with Gasteiger partial charge in [0, 0.05) is 5.69 Å². The molecular weight excluding hydrogens is 192 g/mol. The molecule has 1 N–H and O–H groups in total. The number of hydrogen-bond acceptors (Lipinski definition) is 1. The van der Waals surface area contributed by atoms with E-state index in [1.807, 2.05) is 6.07 Å². The number of hydrogen-bond donors (Lipinski definition) is 1. The molecule has 0 saturated carbocycles. The number of aromatic nitrogens is 2. The fourth-order valence-corrected chi connectivity index (χ4v) is 1.19. The molecule has 3 heteroatoms. The van der Waals surface area contributed by atoms with Crippen molar-refractivity contribution >= 4 is 15.9 Å². The molecule has 0 fully saturated rings. The third kappa shape index (κ3) is 2.14. The van der Waals surface area contributed by atoms with Gasteiger partial charge >= 0.3 is 0 Å². The number of unbranched alkanes of at least 4 members (excludes halogenated alkanes) is 1. The smallest absolute Gasteiger partial charge is 0.128 e. The Morgan fingerprint density at radius 2 is 2.50 bits per heavy atom. The fourth-order valence-electron chi connectivity index (χ4n) is 0.829. The Kier molecular flexibility index (Phi) is 2.93. The minimum absolute atomic E-state index is 0.901. The van der Waals surface area contributed by atoms with Crippen LogP contribution in [0.3, 0.4) is 0 Å². The first-order valence-corrected chi connectivity index (χ1v) is 4.32. The molecule has 1 aromatic heterocycles. The molecule has 1 rings (SSSR count). The number of aryl methyl sites for hydroxylation is 1. The van der Waals surface area contributed by atoms with E-state index in [2.05, 4.69) is 33.1 Å². The molecule has 0 radical (unpaired) electrons. The highest BCUT2D eigenvalue weighted by atomic mass is 79.9. The van der Waals surface area contributed by atoms with Gasteiger partial charge in [-0.25, -0.2) is 0 Å². The van der Waals surface area contributed by atoms with Crippen molar-refractivity contribution in [2.45, 2.75) is 26.2 Å². The molecule has 0 aliphatic carbocycles. The maximum Gasteiger partial charge on any atom is 0.128 e. The van der Waals surface area contributed by atoms with Crippen molar-refractivity contribution < 1.29 is 0 Å². The maximum atomic E-state index is 3.96. The summed E-state index contributed by atoms with van der Waals surface area (Å²) in [5, 5.41) is 6.90. The van der Waals surface area contributed by atoms with Crippen LogP contribution in [0.25, 0.3) is 0 Å². The number of nitrogens with zero attached hydrogens (tertiary/aromatic N) is 1. The first kappa shape index (κ1) is 7.79. The van der Waals surface area contributed by atoms with E-state index in [9.17, 15) is 0 Å². The summed E-state index contributed by atoms with van der Waals surface area (Å²) >= 11 is 3.28. The summed E-state index contributed by atoms with van der Waals surface area (Å²) < 4.78 is 0.901. The predicted molar refractivity (Wildman–Crippen MR) is 44.9 cm³/mol. The number of H-pyrrole nitrogens is 1. The van der Waals surface area contributed by atoms with E-state index in [0.29, 0.717) is 0 Å². The second-order valence-corrected chi connectivity index (χ2v) is 3.13. The first-order chi connectivity index (χ1) is 4.83. The molecule has 56 valence electrons. The predicted octanol–water partition coefficient (Wildman–Crippen LogP) is 2.51. The molecule has 0 aromatic carbocycles. The Bertz CT molecular complexity index is 195. The standard InChI is InChI=1S/C7H11BrN2/c1-2-3-4-6-5-7(8)10-9-6/h5H,2-4H2,1H3,(H,9,10). The summed E-state index contributed by atoms with van der Waals surface area (Å²) in [6, 6.07) is 2.02. The monoisotopic (exact) mass is 202 g/mol. The minimum Gasteiger partial charge on any atom is -0.281 e. The lowest BCUT2D eigenvalue weighted by Gasteiger charge is -1.90. The molecule has 10 heavy (non-hydrogen) atoms. The Hall–Kier alpha value is -0.310. The number of rotatable bonds is 3. The summed E-state index contributed by atoms with van der Waals surface area (Å²) in [5.41, 5.74) is 1.22. The van der Waals surface area contributed by atoms with Crippen molar-refractivity contribution in [3.63, 3.8) is 0 Å². The van der Waals surface area contributed by atoms with Gasteiger partial charge in [0.25, 0.3) is 0 Å². The SMILES string of the molecule is CCCCc1cc(Br)n[nH]1. The zero-order valence-electron chi connectivity index (χ0n) is 6.02. The van der Waals surface area contributed by atoms with E-state index in [1.165, 1.54) is 18.5 Å². The van der Waals surface area contributed by atoms with Crippen LogP contribution in [0.4, 0.5) is 0 Å². The topological polar surface area (TPSA) is 28.7 Å². The van der Waals surface area contributed by atoms with Crippen molar-refractivity contribution in [1.29, 1.82) is 0 Å². The zero-order chi connectivity index (χ0) is 7.40. The van der Waals surface area contributed by atoms with Crippen molar-refractivity contribution in [3.05, 3.63) is 16.4 Å². The van der Waals surface area contributed by atoms with Crippen LogP contribution in [-0.4, -0.2) is 10.2 Å².